The molecule has 10 heteroatoms. The van der Waals surface area contributed by atoms with Crippen LogP contribution in [0.25, 0.3) is 22.0 Å². The van der Waals surface area contributed by atoms with Gasteiger partial charge in [0, 0.05) is 33.1 Å². The molecule has 2 N–H and O–H groups in total. The number of carbonyl (C=O) groups excluding carboxylic acids is 1. The number of fused-ring (bicyclic) bond motifs is 1. The topological polar surface area (TPSA) is 93.1 Å². The zero-order valence-electron chi connectivity index (χ0n) is 19.1. The van der Waals surface area contributed by atoms with Gasteiger partial charge >= 0.3 is 0 Å². The molecule has 0 aliphatic carbocycles. The molecule has 36 heavy (non-hydrogen) atoms. The lowest BCUT2D eigenvalue weighted by atomic mass is 10.1. The number of nitrogens with zero attached hydrogens (tertiary/aromatic N) is 2. The highest BCUT2D eigenvalue weighted by Crippen LogP contribution is 2.26. The minimum Gasteiger partial charge on any atom is -0.335 e. The SMILES string of the molecule is C[C@@H](C(=O)Nc1ccc(-c2ccc(S(=O)(=O)Nc3nccs3)cc2)cc1)n1ccc2c(F)cccc21.[HH].[HH].[HH]. The number of sulfonamides is 1. The highest BCUT2D eigenvalue weighted by Gasteiger charge is 2.18. The second kappa shape index (κ2) is 9.56. The first-order chi connectivity index (χ1) is 17.3. The summed E-state index contributed by atoms with van der Waals surface area (Å²) in [5.41, 5.74) is 2.96. The van der Waals surface area contributed by atoms with Crippen LogP contribution in [0.15, 0.2) is 95.5 Å². The van der Waals surface area contributed by atoms with Gasteiger partial charge in [0.05, 0.1) is 10.4 Å². The van der Waals surface area contributed by atoms with Crippen LogP contribution in [0.3, 0.4) is 0 Å². The molecular weight excluding hydrogens is 499 g/mol. The number of halogens is 1. The van der Waals surface area contributed by atoms with Gasteiger partial charge in [-0.05, 0) is 60.5 Å². The third kappa shape index (κ3) is 4.73. The van der Waals surface area contributed by atoms with Crippen LogP contribution in [-0.2, 0) is 14.8 Å². The highest BCUT2D eigenvalue weighted by molar-refractivity contribution is 7.93. The van der Waals surface area contributed by atoms with Gasteiger partial charge in [0.25, 0.3) is 10.0 Å². The Morgan fingerprint density at radius 1 is 1.03 bits per heavy atom. The van der Waals surface area contributed by atoms with Crippen molar-refractivity contribution in [3.63, 3.8) is 0 Å². The van der Waals surface area contributed by atoms with Gasteiger partial charge in [0.2, 0.25) is 5.91 Å². The number of carbonyl (C=O) groups is 1. The summed E-state index contributed by atoms with van der Waals surface area (Å²) in [6, 6.07) is 19.7. The van der Waals surface area contributed by atoms with Crippen molar-refractivity contribution in [2.45, 2.75) is 17.9 Å². The molecule has 1 atom stereocenters. The summed E-state index contributed by atoms with van der Waals surface area (Å²) in [7, 11) is -3.72. The largest absolute Gasteiger partial charge is 0.335 e. The maximum Gasteiger partial charge on any atom is 0.263 e. The molecule has 3 aromatic carbocycles. The van der Waals surface area contributed by atoms with E-state index in [1.807, 2.05) is 12.1 Å². The van der Waals surface area contributed by atoms with E-state index in [2.05, 4.69) is 15.0 Å². The van der Waals surface area contributed by atoms with E-state index in [1.165, 1.54) is 35.7 Å². The van der Waals surface area contributed by atoms with Crippen LogP contribution >= 0.6 is 11.3 Å². The minimum absolute atomic E-state index is 0. The lowest BCUT2D eigenvalue weighted by molar-refractivity contribution is -0.118. The maximum atomic E-state index is 14.0. The first-order valence-corrected chi connectivity index (χ1v) is 13.4. The molecule has 0 aliphatic heterocycles. The second-order valence-electron chi connectivity index (χ2n) is 8.11. The summed E-state index contributed by atoms with van der Waals surface area (Å²) in [5.74, 6) is -0.553. The summed E-state index contributed by atoms with van der Waals surface area (Å²) in [4.78, 5) is 16.9. The average molecular weight is 527 g/mol. The van der Waals surface area contributed by atoms with Crippen molar-refractivity contribution in [3.8, 4) is 11.1 Å². The fourth-order valence-electron chi connectivity index (χ4n) is 3.88. The number of amides is 1. The van der Waals surface area contributed by atoms with Gasteiger partial charge in [-0.1, -0.05) is 30.3 Å². The van der Waals surface area contributed by atoms with Gasteiger partial charge in [0.15, 0.2) is 5.13 Å². The number of hydrogen-bond acceptors (Lipinski definition) is 5. The number of aromatic nitrogens is 2. The molecule has 0 spiro atoms. The molecule has 2 aromatic heterocycles. The van der Waals surface area contributed by atoms with Crippen molar-refractivity contribution in [1.29, 1.82) is 0 Å². The number of thiazole rings is 1. The van der Waals surface area contributed by atoms with Crippen molar-refractivity contribution >= 4 is 49.0 Å². The third-order valence-corrected chi connectivity index (χ3v) is 7.98. The maximum absolute atomic E-state index is 14.0. The van der Waals surface area contributed by atoms with E-state index in [0.29, 0.717) is 21.7 Å². The van der Waals surface area contributed by atoms with Gasteiger partial charge in [0.1, 0.15) is 11.9 Å². The Kier molecular flexibility index (Phi) is 6.29. The highest BCUT2D eigenvalue weighted by atomic mass is 32.2. The molecule has 0 saturated heterocycles. The predicted molar refractivity (Wildman–Crippen MR) is 146 cm³/mol. The number of rotatable bonds is 7. The van der Waals surface area contributed by atoms with Crippen LogP contribution < -0.4 is 10.0 Å². The van der Waals surface area contributed by atoms with E-state index in [4.69, 9.17) is 0 Å². The quantitative estimate of drug-likeness (QED) is 0.249. The molecule has 0 radical (unpaired) electrons. The van der Waals surface area contributed by atoms with Gasteiger partial charge in [-0.15, -0.1) is 11.3 Å². The van der Waals surface area contributed by atoms with Gasteiger partial charge in [-0.25, -0.2) is 17.8 Å². The molecule has 0 bridgehead atoms. The van der Waals surface area contributed by atoms with E-state index < -0.39 is 16.1 Å². The summed E-state index contributed by atoms with van der Waals surface area (Å²) >= 11 is 1.20. The molecule has 7 nitrogen and oxygen atoms in total. The molecule has 0 fully saturated rings. The van der Waals surface area contributed by atoms with Crippen LogP contribution in [0.5, 0.6) is 0 Å². The first-order valence-electron chi connectivity index (χ1n) is 11.0. The van der Waals surface area contributed by atoms with E-state index in [9.17, 15) is 17.6 Å². The zero-order valence-corrected chi connectivity index (χ0v) is 20.7. The average Bonchev–Trinajstić information content (AvgIpc) is 3.54. The van der Waals surface area contributed by atoms with Crippen molar-refractivity contribution in [2.75, 3.05) is 10.0 Å². The Morgan fingerprint density at radius 3 is 2.39 bits per heavy atom. The molecule has 5 aromatic rings. The van der Waals surface area contributed by atoms with E-state index in [-0.39, 0.29) is 20.9 Å². The van der Waals surface area contributed by atoms with Gasteiger partial charge in [-0.3, -0.25) is 9.52 Å². The van der Waals surface area contributed by atoms with E-state index in [1.54, 1.807) is 65.5 Å². The second-order valence-corrected chi connectivity index (χ2v) is 10.7. The van der Waals surface area contributed by atoms with E-state index >= 15 is 0 Å². The van der Waals surface area contributed by atoms with Crippen LogP contribution in [0.2, 0.25) is 0 Å². The van der Waals surface area contributed by atoms with Gasteiger partial charge < -0.3 is 9.88 Å². The third-order valence-electron chi connectivity index (χ3n) is 5.81. The van der Waals surface area contributed by atoms with Crippen molar-refractivity contribution in [3.05, 3.63) is 96.4 Å². The van der Waals surface area contributed by atoms with E-state index in [0.717, 1.165) is 11.1 Å². The Balaban J connectivity index is 0.00000178. The molecule has 1 amide bonds. The van der Waals surface area contributed by atoms with Crippen LogP contribution in [0.1, 0.15) is 17.2 Å². The smallest absolute Gasteiger partial charge is 0.263 e. The number of benzene rings is 3. The monoisotopic (exact) mass is 526 g/mol. The molecule has 0 unspecified atom stereocenters. The summed E-state index contributed by atoms with van der Waals surface area (Å²) in [6.45, 7) is 1.76. The molecule has 2 heterocycles. The summed E-state index contributed by atoms with van der Waals surface area (Å²) in [6.07, 6.45) is 3.24. The molecule has 0 saturated carbocycles. The van der Waals surface area contributed by atoms with Crippen molar-refractivity contribution in [1.82, 2.24) is 9.55 Å². The Hall–Kier alpha value is -4.02. The lowest BCUT2D eigenvalue weighted by Gasteiger charge is -2.16. The van der Waals surface area contributed by atoms with Crippen LogP contribution in [0.4, 0.5) is 15.2 Å². The van der Waals surface area contributed by atoms with Crippen LogP contribution in [-0.4, -0.2) is 23.9 Å². The Labute approximate surface area is 215 Å². The number of hydrogen-bond donors (Lipinski definition) is 2. The summed E-state index contributed by atoms with van der Waals surface area (Å²) in [5, 5.41) is 5.36. The number of nitrogens with one attached hydrogen (secondary N) is 2. The fraction of sp³-hybridized carbons (Fsp3) is 0.0769. The Morgan fingerprint density at radius 2 is 1.72 bits per heavy atom. The normalized spacial score (nSPS) is 12.4. The predicted octanol–water partition coefficient (Wildman–Crippen LogP) is 6.64. The molecule has 188 valence electrons. The van der Waals surface area contributed by atoms with Gasteiger partial charge in [-0.2, -0.15) is 0 Å². The van der Waals surface area contributed by atoms with Crippen LogP contribution in [0, 0.1) is 5.82 Å². The standard InChI is InChI=1S/C26H21FN4O3S2.3H2/c1-17(31-15-13-22-23(27)3-2-4-24(22)31)25(32)29-20-9-5-18(6-10-20)19-7-11-21(12-8-19)36(33,34)30-26-28-14-16-35-26;;;/h2-17H,1H3,(H,28,30)(H,29,32);3*1H/t17-;;;/m0.../s1. The lowest BCUT2D eigenvalue weighted by Crippen LogP contribution is -2.23. The van der Waals surface area contributed by atoms with Crippen molar-refractivity contribution in [2.24, 2.45) is 0 Å². The number of anilines is 2. The van der Waals surface area contributed by atoms with Crippen molar-refractivity contribution < 1.29 is 21.9 Å². The summed E-state index contributed by atoms with van der Waals surface area (Å²) < 4.78 is 43.2. The zero-order chi connectivity index (χ0) is 25.3. The Bertz CT molecular complexity index is 1640. The molecule has 5 rings (SSSR count). The molecule has 0 aliphatic rings. The molecular formula is C26H27FN4O3S2. The minimum atomic E-state index is -3.72. The fourth-order valence-corrected chi connectivity index (χ4v) is 5.67. The first kappa shape index (κ1) is 23.7.